The number of fused-ring (bicyclic) bond motifs is 1. The van der Waals surface area contributed by atoms with Gasteiger partial charge in [0.1, 0.15) is 5.82 Å². The molecule has 1 aromatic heterocycles. The molecule has 0 N–H and O–H groups in total. The molecule has 5 rings (SSSR count). The topological polar surface area (TPSA) is 41.4 Å². The Morgan fingerprint density at radius 1 is 1.03 bits per heavy atom. The first-order chi connectivity index (χ1) is 17.6. The summed E-state index contributed by atoms with van der Waals surface area (Å²) in [6, 6.07) is 16.8. The number of nitrogens with zero attached hydrogens (tertiary/aromatic N) is 4. The molecule has 2 aliphatic rings. The lowest BCUT2D eigenvalue weighted by molar-refractivity contribution is 0.0729. The average Bonchev–Trinajstić information content (AvgIpc) is 3.68. The largest absolute Gasteiger partial charge is 0.331 e. The van der Waals surface area contributed by atoms with Crippen molar-refractivity contribution in [3.63, 3.8) is 0 Å². The fourth-order valence-electron chi connectivity index (χ4n) is 5.38. The first-order valence-corrected chi connectivity index (χ1v) is 14.1. The van der Waals surface area contributed by atoms with E-state index in [0.717, 1.165) is 62.0 Å². The van der Waals surface area contributed by atoms with Gasteiger partial charge in [-0.25, -0.2) is 4.98 Å². The van der Waals surface area contributed by atoms with Crippen LogP contribution in [-0.2, 0) is 19.6 Å². The summed E-state index contributed by atoms with van der Waals surface area (Å²) in [6.07, 6.45) is 8.82. The van der Waals surface area contributed by atoms with Crippen molar-refractivity contribution in [3.8, 4) is 0 Å². The van der Waals surface area contributed by atoms with Gasteiger partial charge in [0, 0.05) is 25.2 Å². The first-order valence-electron chi connectivity index (χ1n) is 14.1. The summed E-state index contributed by atoms with van der Waals surface area (Å²) in [4.78, 5) is 23.5. The van der Waals surface area contributed by atoms with Crippen molar-refractivity contribution in [2.75, 3.05) is 19.6 Å². The number of rotatable bonds is 10. The molecule has 1 saturated carbocycles. The van der Waals surface area contributed by atoms with E-state index in [2.05, 4.69) is 65.8 Å². The highest BCUT2D eigenvalue weighted by molar-refractivity contribution is 5.94. The van der Waals surface area contributed by atoms with Crippen molar-refractivity contribution < 1.29 is 4.79 Å². The fourth-order valence-corrected chi connectivity index (χ4v) is 5.38. The van der Waals surface area contributed by atoms with E-state index in [4.69, 9.17) is 4.98 Å². The van der Waals surface area contributed by atoms with Gasteiger partial charge in [0.25, 0.3) is 5.91 Å². The van der Waals surface area contributed by atoms with Gasteiger partial charge < -0.3 is 9.47 Å². The maximum absolute atomic E-state index is 13.9. The number of hydrogen-bond donors (Lipinski definition) is 0. The number of hydrogen-bond acceptors (Lipinski definition) is 3. The second kappa shape index (κ2) is 11.6. The monoisotopic (exact) mass is 486 g/mol. The molecule has 0 spiro atoms. The fraction of sp³-hybridized carbons (Fsp3) is 0.548. The van der Waals surface area contributed by atoms with Crippen LogP contribution in [0.25, 0.3) is 11.0 Å². The first kappa shape index (κ1) is 25.0. The molecule has 5 nitrogen and oxygen atoms in total. The third-order valence-corrected chi connectivity index (χ3v) is 7.75. The third kappa shape index (κ3) is 6.36. The number of aromatic nitrogens is 2. The number of carbonyl (C=O) groups excluding carboxylic acids is 1. The minimum Gasteiger partial charge on any atom is -0.331 e. The average molecular weight is 487 g/mol. The van der Waals surface area contributed by atoms with E-state index in [1.807, 2.05) is 11.0 Å². The van der Waals surface area contributed by atoms with Gasteiger partial charge in [-0.3, -0.25) is 9.69 Å². The lowest BCUT2D eigenvalue weighted by Crippen LogP contribution is -2.33. The second-order valence-electron chi connectivity index (χ2n) is 11.4. The van der Waals surface area contributed by atoms with Crippen LogP contribution >= 0.6 is 0 Å². The normalized spacial score (nSPS) is 17.0. The molecule has 2 aromatic carbocycles. The molecule has 0 atom stereocenters. The molecule has 2 fully saturated rings. The summed E-state index contributed by atoms with van der Waals surface area (Å²) >= 11 is 0. The molecule has 1 aliphatic heterocycles. The summed E-state index contributed by atoms with van der Waals surface area (Å²) < 4.78 is 2.37. The van der Waals surface area contributed by atoms with Gasteiger partial charge in [-0.05, 0) is 86.9 Å². The highest BCUT2D eigenvalue weighted by Gasteiger charge is 2.26. The van der Waals surface area contributed by atoms with E-state index in [0.29, 0.717) is 12.5 Å². The molecule has 5 heteroatoms. The number of imidazole rings is 1. The van der Waals surface area contributed by atoms with E-state index in [-0.39, 0.29) is 5.91 Å². The zero-order valence-corrected chi connectivity index (χ0v) is 22.2. The van der Waals surface area contributed by atoms with Crippen LogP contribution in [0.3, 0.4) is 0 Å². The number of para-hydroxylation sites is 2. The molecule has 1 amide bonds. The van der Waals surface area contributed by atoms with Crippen molar-refractivity contribution in [3.05, 3.63) is 65.5 Å². The molecular formula is C31H42N4O. The smallest absolute Gasteiger partial charge is 0.254 e. The van der Waals surface area contributed by atoms with Gasteiger partial charge in [0.05, 0.1) is 17.6 Å². The lowest BCUT2D eigenvalue weighted by atomic mass is 10.1. The third-order valence-electron chi connectivity index (χ3n) is 7.75. The molecule has 2 heterocycles. The molecule has 0 unspecified atom stereocenters. The highest BCUT2D eigenvalue weighted by Crippen LogP contribution is 2.33. The van der Waals surface area contributed by atoms with Gasteiger partial charge >= 0.3 is 0 Å². The van der Waals surface area contributed by atoms with Gasteiger partial charge in [0.2, 0.25) is 0 Å². The van der Waals surface area contributed by atoms with Crippen LogP contribution in [0, 0.1) is 11.8 Å². The Balaban J connectivity index is 1.38. The zero-order chi connectivity index (χ0) is 24.9. The molecular weight excluding hydrogens is 444 g/mol. The van der Waals surface area contributed by atoms with Gasteiger partial charge in [-0.2, -0.15) is 0 Å². The maximum Gasteiger partial charge on any atom is 0.254 e. The van der Waals surface area contributed by atoms with Crippen molar-refractivity contribution in [1.82, 2.24) is 19.4 Å². The Morgan fingerprint density at radius 2 is 1.81 bits per heavy atom. The molecule has 36 heavy (non-hydrogen) atoms. The van der Waals surface area contributed by atoms with Crippen LogP contribution in [-0.4, -0.2) is 44.9 Å². The highest BCUT2D eigenvalue weighted by atomic mass is 16.2. The minimum atomic E-state index is 0.124. The van der Waals surface area contributed by atoms with Crippen molar-refractivity contribution in [2.24, 2.45) is 11.8 Å². The Kier molecular flexibility index (Phi) is 8.05. The summed E-state index contributed by atoms with van der Waals surface area (Å²) in [5.41, 5.74) is 4.27. The quantitative estimate of drug-likeness (QED) is 0.328. The van der Waals surface area contributed by atoms with Crippen molar-refractivity contribution in [2.45, 2.75) is 78.4 Å². The number of likely N-dealkylation sites (tertiary alicyclic amines) is 1. The van der Waals surface area contributed by atoms with E-state index in [1.165, 1.54) is 49.6 Å². The van der Waals surface area contributed by atoms with Crippen LogP contribution in [0.1, 0.15) is 80.5 Å². The second-order valence-corrected chi connectivity index (χ2v) is 11.4. The van der Waals surface area contributed by atoms with Crippen LogP contribution in [0.4, 0.5) is 0 Å². The number of amides is 1. The Bertz CT molecular complexity index is 1150. The van der Waals surface area contributed by atoms with Crippen LogP contribution < -0.4 is 0 Å². The SMILES string of the molecule is CC(C)CCN(Cc1nc2ccccc2n1CC1CC1)C(=O)c1cccc(CN2CCCCCC2)c1. The predicted molar refractivity (Wildman–Crippen MR) is 147 cm³/mol. The molecule has 1 aliphatic carbocycles. The summed E-state index contributed by atoms with van der Waals surface area (Å²) in [5, 5.41) is 0. The molecule has 1 saturated heterocycles. The molecule has 0 bridgehead atoms. The van der Waals surface area contributed by atoms with Gasteiger partial charge in [0.15, 0.2) is 0 Å². The van der Waals surface area contributed by atoms with E-state index in [9.17, 15) is 4.79 Å². The van der Waals surface area contributed by atoms with E-state index < -0.39 is 0 Å². The number of carbonyl (C=O) groups is 1. The standard InChI is InChI=1S/C31H42N4O/c1-24(2)16-19-34(23-30-32-28-12-5-6-13-29(28)35(30)22-25-14-15-25)31(36)27-11-9-10-26(20-27)21-33-17-7-3-4-8-18-33/h5-6,9-13,20,24-25H,3-4,7-8,14-19,21-23H2,1-2H3. The lowest BCUT2D eigenvalue weighted by Gasteiger charge is -2.25. The molecule has 192 valence electrons. The summed E-state index contributed by atoms with van der Waals surface area (Å²) in [7, 11) is 0. The molecule has 3 aromatic rings. The van der Waals surface area contributed by atoms with Crippen LogP contribution in [0.15, 0.2) is 48.5 Å². The number of benzene rings is 2. The van der Waals surface area contributed by atoms with Gasteiger partial charge in [-0.15, -0.1) is 0 Å². The summed E-state index contributed by atoms with van der Waals surface area (Å²) in [6.45, 7) is 10.0. The Labute approximate surface area is 216 Å². The van der Waals surface area contributed by atoms with E-state index >= 15 is 0 Å². The van der Waals surface area contributed by atoms with Crippen molar-refractivity contribution >= 4 is 16.9 Å². The minimum absolute atomic E-state index is 0.124. The zero-order valence-electron chi connectivity index (χ0n) is 22.2. The van der Waals surface area contributed by atoms with Gasteiger partial charge in [-0.1, -0.05) is 51.0 Å². The summed E-state index contributed by atoms with van der Waals surface area (Å²) in [5.74, 6) is 2.43. The Hall–Kier alpha value is -2.66. The Morgan fingerprint density at radius 3 is 2.56 bits per heavy atom. The van der Waals surface area contributed by atoms with Crippen LogP contribution in [0.2, 0.25) is 0 Å². The van der Waals surface area contributed by atoms with Crippen LogP contribution in [0.5, 0.6) is 0 Å². The predicted octanol–water partition coefficient (Wildman–Crippen LogP) is 6.51. The van der Waals surface area contributed by atoms with Crippen molar-refractivity contribution in [1.29, 1.82) is 0 Å². The maximum atomic E-state index is 13.9. The molecule has 0 radical (unpaired) electrons. The van der Waals surface area contributed by atoms with E-state index in [1.54, 1.807) is 0 Å².